The molecule has 1 N–H and O–H groups in total. The molecule has 0 atom stereocenters. The summed E-state index contributed by atoms with van der Waals surface area (Å²) in [5, 5.41) is 3.39. The number of para-hydroxylation sites is 1. The fourth-order valence-electron chi connectivity index (χ4n) is 3.79. The van der Waals surface area contributed by atoms with Crippen LogP contribution in [0.3, 0.4) is 0 Å². The lowest BCUT2D eigenvalue weighted by Gasteiger charge is -2.39. The molecule has 0 aromatic heterocycles. The van der Waals surface area contributed by atoms with Crippen molar-refractivity contribution in [3.8, 4) is 5.75 Å². The summed E-state index contributed by atoms with van der Waals surface area (Å²) in [6, 6.07) is 6.00. The predicted octanol–water partition coefficient (Wildman–Crippen LogP) is 3.54. The number of ether oxygens (including phenoxy) is 1. The molecule has 3 rings (SSSR count). The molecule has 2 aliphatic heterocycles. The van der Waals surface area contributed by atoms with E-state index in [0.29, 0.717) is 11.0 Å². The van der Waals surface area contributed by atoms with Gasteiger partial charge < -0.3 is 15.0 Å². The van der Waals surface area contributed by atoms with E-state index in [1.165, 1.54) is 12.1 Å². The van der Waals surface area contributed by atoms with E-state index in [1.54, 1.807) is 12.1 Å². The molecule has 0 bridgehead atoms. The lowest BCUT2D eigenvalue weighted by atomic mass is 9.78. The van der Waals surface area contributed by atoms with Crippen LogP contribution in [-0.2, 0) is 11.2 Å². The summed E-state index contributed by atoms with van der Waals surface area (Å²) >= 11 is 0. The van der Waals surface area contributed by atoms with Gasteiger partial charge in [-0.25, -0.2) is 0 Å². The topological polar surface area (TPSA) is 41.6 Å². The van der Waals surface area contributed by atoms with Gasteiger partial charge in [-0.15, -0.1) is 25.6 Å². The SMILES string of the molecule is Cl.O=C(CCc1ccccc1OC(F)(F)F)N1CCC2(CCNC2)CC1. The molecule has 146 valence electrons. The summed E-state index contributed by atoms with van der Waals surface area (Å²) in [4.78, 5) is 14.3. The van der Waals surface area contributed by atoms with Crippen LogP contribution in [-0.4, -0.2) is 43.3 Å². The standard InChI is InChI=1S/C18H23F3N2O2.ClH/c19-18(20,21)25-15-4-2-1-3-14(15)5-6-16(24)23-11-8-17(9-12-23)7-10-22-13-17;/h1-4,22H,5-13H2;1H. The molecule has 26 heavy (non-hydrogen) atoms. The van der Waals surface area contributed by atoms with Crippen LogP contribution in [0.5, 0.6) is 5.75 Å². The zero-order valence-electron chi connectivity index (χ0n) is 14.5. The summed E-state index contributed by atoms with van der Waals surface area (Å²) in [6.07, 6.45) is -1.12. The minimum Gasteiger partial charge on any atom is -0.406 e. The number of benzene rings is 1. The van der Waals surface area contributed by atoms with E-state index < -0.39 is 6.36 Å². The van der Waals surface area contributed by atoms with Crippen molar-refractivity contribution >= 4 is 18.3 Å². The third kappa shape index (κ3) is 5.27. The van der Waals surface area contributed by atoms with Crippen molar-refractivity contribution in [2.75, 3.05) is 26.2 Å². The molecule has 1 spiro atoms. The molecule has 1 aromatic rings. The maximum Gasteiger partial charge on any atom is 0.573 e. The Morgan fingerprint density at radius 3 is 2.50 bits per heavy atom. The van der Waals surface area contributed by atoms with Gasteiger partial charge in [-0.1, -0.05) is 18.2 Å². The molecule has 0 unspecified atom stereocenters. The van der Waals surface area contributed by atoms with Gasteiger partial charge in [0, 0.05) is 26.1 Å². The fourth-order valence-corrected chi connectivity index (χ4v) is 3.79. The van der Waals surface area contributed by atoms with Gasteiger partial charge in [0.2, 0.25) is 5.91 Å². The summed E-state index contributed by atoms with van der Waals surface area (Å²) in [7, 11) is 0. The number of carbonyl (C=O) groups excluding carboxylic acids is 1. The van der Waals surface area contributed by atoms with Crippen molar-refractivity contribution in [2.45, 2.75) is 38.5 Å². The molecule has 2 heterocycles. The first-order valence-electron chi connectivity index (χ1n) is 8.69. The monoisotopic (exact) mass is 392 g/mol. The van der Waals surface area contributed by atoms with E-state index in [2.05, 4.69) is 10.1 Å². The lowest BCUT2D eigenvalue weighted by Crippen LogP contribution is -2.44. The largest absolute Gasteiger partial charge is 0.573 e. The Hall–Kier alpha value is -1.47. The van der Waals surface area contributed by atoms with Crippen LogP contribution in [0.25, 0.3) is 0 Å². The molecule has 4 nitrogen and oxygen atoms in total. The third-order valence-corrected chi connectivity index (χ3v) is 5.32. The van der Waals surface area contributed by atoms with Gasteiger partial charge in [0.1, 0.15) is 5.75 Å². The number of hydrogen-bond donors (Lipinski definition) is 1. The minimum absolute atomic E-state index is 0. The van der Waals surface area contributed by atoms with Crippen molar-refractivity contribution in [1.82, 2.24) is 10.2 Å². The van der Waals surface area contributed by atoms with Gasteiger partial charge in [-0.05, 0) is 49.3 Å². The molecule has 0 aliphatic carbocycles. The first-order chi connectivity index (χ1) is 11.9. The molecule has 2 saturated heterocycles. The highest BCUT2D eigenvalue weighted by Crippen LogP contribution is 2.37. The van der Waals surface area contributed by atoms with E-state index in [1.807, 2.05) is 4.90 Å². The van der Waals surface area contributed by atoms with Gasteiger partial charge in [0.15, 0.2) is 0 Å². The third-order valence-electron chi connectivity index (χ3n) is 5.32. The van der Waals surface area contributed by atoms with Crippen LogP contribution in [0.4, 0.5) is 13.2 Å². The maximum absolute atomic E-state index is 12.5. The van der Waals surface area contributed by atoms with E-state index in [-0.39, 0.29) is 36.9 Å². The number of amides is 1. The summed E-state index contributed by atoms with van der Waals surface area (Å²) < 4.78 is 41.4. The summed E-state index contributed by atoms with van der Waals surface area (Å²) in [5.41, 5.74) is 0.742. The van der Waals surface area contributed by atoms with Crippen LogP contribution in [0.2, 0.25) is 0 Å². The van der Waals surface area contributed by atoms with Crippen LogP contribution < -0.4 is 10.1 Å². The van der Waals surface area contributed by atoms with Crippen molar-refractivity contribution in [1.29, 1.82) is 0 Å². The number of carbonyl (C=O) groups is 1. The zero-order chi connectivity index (χ0) is 17.9. The van der Waals surface area contributed by atoms with Crippen LogP contribution >= 0.6 is 12.4 Å². The Bertz CT molecular complexity index is 609. The first-order valence-corrected chi connectivity index (χ1v) is 8.69. The molecular weight excluding hydrogens is 369 g/mol. The number of likely N-dealkylation sites (tertiary alicyclic amines) is 1. The number of halogens is 4. The Morgan fingerprint density at radius 1 is 1.19 bits per heavy atom. The molecule has 2 fully saturated rings. The Kier molecular flexibility index (Phi) is 6.80. The van der Waals surface area contributed by atoms with E-state index in [0.717, 1.165) is 45.4 Å². The predicted molar refractivity (Wildman–Crippen MR) is 94.4 cm³/mol. The zero-order valence-corrected chi connectivity index (χ0v) is 15.3. The average molecular weight is 393 g/mol. The smallest absolute Gasteiger partial charge is 0.406 e. The highest BCUT2D eigenvalue weighted by atomic mass is 35.5. The van der Waals surface area contributed by atoms with E-state index in [9.17, 15) is 18.0 Å². The van der Waals surface area contributed by atoms with Crippen molar-refractivity contribution in [2.24, 2.45) is 5.41 Å². The van der Waals surface area contributed by atoms with Crippen LogP contribution in [0.15, 0.2) is 24.3 Å². The Labute approximate surface area is 157 Å². The average Bonchev–Trinajstić information content (AvgIpc) is 3.01. The number of piperidine rings is 1. The van der Waals surface area contributed by atoms with Crippen molar-refractivity contribution in [3.63, 3.8) is 0 Å². The quantitative estimate of drug-likeness (QED) is 0.852. The van der Waals surface area contributed by atoms with Gasteiger partial charge in [0.25, 0.3) is 0 Å². The van der Waals surface area contributed by atoms with Crippen LogP contribution in [0.1, 0.15) is 31.2 Å². The van der Waals surface area contributed by atoms with Gasteiger partial charge in [0.05, 0.1) is 0 Å². The van der Waals surface area contributed by atoms with Crippen molar-refractivity contribution < 1.29 is 22.7 Å². The summed E-state index contributed by atoms with van der Waals surface area (Å²) in [5.74, 6) is -0.222. The molecule has 2 aliphatic rings. The molecule has 0 radical (unpaired) electrons. The number of rotatable bonds is 4. The number of aryl methyl sites for hydroxylation is 1. The van der Waals surface area contributed by atoms with Gasteiger partial charge >= 0.3 is 6.36 Å². The second-order valence-electron chi connectivity index (χ2n) is 6.96. The normalized spacial score (nSPS) is 19.3. The Morgan fingerprint density at radius 2 is 1.88 bits per heavy atom. The highest BCUT2D eigenvalue weighted by Gasteiger charge is 2.38. The highest BCUT2D eigenvalue weighted by molar-refractivity contribution is 5.85. The molecule has 0 saturated carbocycles. The first kappa shape index (κ1) is 20.8. The van der Waals surface area contributed by atoms with E-state index in [4.69, 9.17) is 0 Å². The molecule has 1 aromatic carbocycles. The molecular formula is C18H24ClF3N2O2. The number of nitrogens with zero attached hydrogens (tertiary/aromatic N) is 1. The minimum atomic E-state index is -4.73. The molecule has 8 heteroatoms. The summed E-state index contributed by atoms with van der Waals surface area (Å²) in [6.45, 7) is 3.55. The number of nitrogens with one attached hydrogen (secondary N) is 1. The maximum atomic E-state index is 12.5. The number of hydrogen-bond acceptors (Lipinski definition) is 3. The lowest BCUT2D eigenvalue weighted by molar-refractivity contribution is -0.274. The second kappa shape index (κ2) is 8.48. The van der Waals surface area contributed by atoms with Gasteiger partial charge in [-0.3, -0.25) is 4.79 Å². The second-order valence-corrected chi connectivity index (χ2v) is 6.96. The van der Waals surface area contributed by atoms with E-state index >= 15 is 0 Å². The molecule has 1 amide bonds. The Balaban J connectivity index is 0.00000243. The fraction of sp³-hybridized carbons (Fsp3) is 0.611. The number of alkyl halides is 3. The van der Waals surface area contributed by atoms with Crippen LogP contribution in [0, 0.1) is 5.41 Å². The van der Waals surface area contributed by atoms with Crippen molar-refractivity contribution in [3.05, 3.63) is 29.8 Å². The van der Waals surface area contributed by atoms with Gasteiger partial charge in [-0.2, -0.15) is 0 Å².